The highest BCUT2D eigenvalue weighted by Gasteiger charge is 2.58. The third-order valence-electron chi connectivity index (χ3n) is 7.25. The van der Waals surface area contributed by atoms with Crippen LogP contribution < -0.4 is 5.32 Å². The fraction of sp³-hybridized carbons (Fsp3) is 0.423. The Kier molecular flexibility index (Phi) is 5.45. The number of hydrogen-bond donors (Lipinski definition) is 2. The minimum atomic E-state index is 0.0615. The monoisotopic (exact) mass is 430 g/mol. The number of carbonyl (C=O) groups excluding carboxylic acids is 2. The minimum Gasteiger partial charge on any atom is -0.356 e. The van der Waals surface area contributed by atoms with Crippen LogP contribution in [-0.4, -0.2) is 46.3 Å². The topological polar surface area (TPSA) is 78.1 Å². The van der Waals surface area contributed by atoms with Crippen LogP contribution in [-0.2, 0) is 11.2 Å². The lowest BCUT2D eigenvalue weighted by Gasteiger charge is -2.32. The van der Waals surface area contributed by atoms with Crippen LogP contribution in [0, 0.1) is 18.3 Å². The van der Waals surface area contributed by atoms with Gasteiger partial charge in [-0.3, -0.25) is 14.6 Å². The lowest BCUT2D eigenvalue weighted by Crippen LogP contribution is -2.40. The summed E-state index contributed by atoms with van der Waals surface area (Å²) in [7, 11) is 0. The van der Waals surface area contributed by atoms with E-state index in [4.69, 9.17) is 0 Å². The van der Waals surface area contributed by atoms with Gasteiger partial charge < -0.3 is 15.2 Å². The molecular formula is C26H30N4O2. The van der Waals surface area contributed by atoms with Gasteiger partial charge in [-0.25, -0.2) is 0 Å². The molecule has 1 aliphatic carbocycles. The summed E-state index contributed by atoms with van der Waals surface area (Å²) in [5.74, 6) is 0.355. The highest BCUT2D eigenvalue weighted by atomic mass is 16.2. The maximum atomic E-state index is 13.0. The number of nitrogens with one attached hydrogen (secondary N) is 2. The highest BCUT2D eigenvalue weighted by Crippen LogP contribution is 2.59. The molecule has 0 radical (unpaired) electrons. The van der Waals surface area contributed by atoms with Crippen molar-refractivity contribution in [2.45, 2.75) is 39.0 Å². The van der Waals surface area contributed by atoms with Crippen LogP contribution in [0.25, 0.3) is 10.9 Å². The van der Waals surface area contributed by atoms with Crippen molar-refractivity contribution in [3.63, 3.8) is 0 Å². The minimum absolute atomic E-state index is 0.0615. The maximum absolute atomic E-state index is 13.0. The van der Waals surface area contributed by atoms with Crippen molar-refractivity contribution in [3.05, 3.63) is 65.6 Å². The first-order valence-electron chi connectivity index (χ1n) is 11.6. The van der Waals surface area contributed by atoms with Crippen LogP contribution in [0.5, 0.6) is 0 Å². The highest BCUT2D eigenvalue weighted by molar-refractivity contribution is 5.98. The number of benzene rings is 1. The number of piperidine rings is 1. The molecule has 2 N–H and O–H groups in total. The van der Waals surface area contributed by atoms with E-state index < -0.39 is 0 Å². The number of rotatable bonds is 6. The smallest absolute Gasteiger partial charge is 0.270 e. The molecule has 1 saturated carbocycles. The third-order valence-corrected chi connectivity index (χ3v) is 7.25. The van der Waals surface area contributed by atoms with Crippen molar-refractivity contribution in [1.29, 1.82) is 0 Å². The summed E-state index contributed by atoms with van der Waals surface area (Å²) in [6.07, 6.45) is 8.26. The molecule has 6 heteroatoms. The number of aryl methyl sites for hydroxylation is 2. The standard InChI is InChI=1S/C26H30N4O2/c1-18-4-5-22-20(15-18)16-23(29-22)25(32)30-13-8-26(9-14-30)17-21(26)24(31)28-10-2-3-19-6-11-27-12-7-19/h4-7,11-12,15-16,21,29H,2-3,8-10,13-14,17H2,1H3,(H,28,31)/t21-/m0/s1. The van der Waals surface area contributed by atoms with Crippen molar-refractivity contribution >= 4 is 22.7 Å². The zero-order valence-corrected chi connectivity index (χ0v) is 18.6. The van der Waals surface area contributed by atoms with Gasteiger partial charge in [0.2, 0.25) is 5.91 Å². The van der Waals surface area contributed by atoms with E-state index >= 15 is 0 Å². The molecule has 1 spiro atoms. The summed E-state index contributed by atoms with van der Waals surface area (Å²) in [4.78, 5) is 34.9. The Balaban J connectivity index is 1.09. The number of fused-ring (bicyclic) bond motifs is 1. The summed E-state index contributed by atoms with van der Waals surface area (Å²) in [6, 6.07) is 12.2. The first-order chi connectivity index (χ1) is 15.5. The van der Waals surface area contributed by atoms with E-state index in [1.165, 1.54) is 11.1 Å². The maximum Gasteiger partial charge on any atom is 0.270 e. The van der Waals surface area contributed by atoms with Gasteiger partial charge in [0.25, 0.3) is 5.91 Å². The molecule has 3 heterocycles. The zero-order chi connectivity index (χ0) is 22.1. The van der Waals surface area contributed by atoms with Crippen molar-refractivity contribution in [2.24, 2.45) is 11.3 Å². The van der Waals surface area contributed by atoms with Crippen molar-refractivity contribution in [2.75, 3.05) is 19.6 Å². The van der Waals surface area contributed by atoms with Gasteiger partial charge in [0, 0.05) is 48.8 Å². The van der Waals surface area contributed by atoms with Crippen LogP contribution in [0.4, 0.5) is 0 Å². The van der Waals surface area contributed by atoms with Crippen LogP contribution >= 0.6 is 0 Å². The zero-order valence-electron chi connectivity index (χ0n) is 18.6. The number of amides is 2. The number of pyridine rings is 1. The average Bonchev–Trinajstić information content (AvgIpc) is 3.34. The Hall–Kier alpha value is -3.15. The second kappa shape index (κ2) is 8.41. The molecule has 1 aliphatic heterocycles. The van der Waals surface area contributed by atoms with Crippen molar-refractivity contribution in [3.8, 4) is 0 Å². The number of carbonyl (C=O) groups is 2. The van der Waals surface area contributed by atoms with Gasteiger partial charge >= 0.3 is 0 Å². The van der Waals surface area contributed by atoms with Gasteiger partial charge in [-0.05, 0) is 80.3 Å². The predicted octanol–water partition coefficient (Wildman–Crippen LogP) is 3.86. The van der Waals surface area contributed by atoms with Crippen LogP contribution in [0.2, 0.25) is 0 Å². The van der Waals surface area contributed by atoms with E-state index in [9.17, 15) is 9.59 Å². The van der Waals surface area contributed by atoms with E-state index in [-0.39, 0.29) is 23.1 Å². The normalized spacial score (nSPS) is 19.3. The summed E-state index contributed by atoms with van der Waals surface area (Å²) in [5.41, 5.74) is 4.19. The molecule has 1 aromatic carbocycles. The van der Waals surface area contributed by atoms with Crippen LogP contribution in [0.15, 0.2) is 48.8 Å². The lowest BCUT2D eigenvalue weighted by atomic mass is 9.90. The Labute approximate surface area is 188 Å². The molecule has 0 bridgehead atoms. The van der Waals surface area contributed by atoms with Gasteiger partial charge in [0.15, 0.2) is 0 Å². The first kappa shape index (κ1) is 20.7. The van der Waals surface area contributed by atoms with Gasteiger partial charge in [0.1, 0.15) is 5.69 Å². The van der Waals surface area contributed by atoms with Gasteiger partial charge in [-0.15, -0.1) is 0 Å². The average molecular weight is 431 g/mol. The number of aromatic nitrogens is 2. The fourth-order valence-electron chi connectivity index (χ4n) is 5.14. The van der Waals surface area contributed by atoms with E-state index in [1.54, 1.807) is 12.4 Å². The molecule has 5 rings (SSSR count). The largest absolute Gasteiger partial charge is 0.356 e. The Bertz CT molecular complexity index is 1130. The summed E-state index contributed by atoms with van der Waals surface area (Å²) in [6.45, 7) is 4.21. The van der Waals surface area contributed by atoms with E-state index in [0.717, 1.165) is 56.1 Å². The molecule has 2 aromatic heterocycles. The Morgan fingerprint density at radius 2 is 1.94 bits per heavy atom. The molecule has 166 valence electrons. The quantitative estimate of drug-likeness (QED) is 0.583. The number of aromatic amines is 1. The predicted molar refractivity (Wildman–Crippen MR) is 124 cm³/mol. The Morgan fingerprint density at radius 3 is 2.72 bits per heavy atom. The summed E-state index contributed by atoms with van der Waals surface area (Å²) in [5, 5.41) is 4.20. The molecule has 2 fully saturated rings. The van der Waals surface area contributed by atoms with Crippen molar-refractivity contribution in [1.82, 2.24) is 20.2 Å². The molecule has 0 unspecified atom stereocenters. The SMILES string of the molecule is Cc1ccc2[nH]c(C(=O)N3CCC4(CC3)C[C@H]4C(=O)NCCCc3ccncc3)cc2c1. The molecule has 6 nitrogen and oxygen atoms in total. The van der Waals surface area contributed by atoms with Crippen LogP contribution in [0.3, 0.4) is 0 Å². The summed E-state index contributed by atoms with van der Waals surface area (Å²) < 4.78 is 0. The van der Waals surface area contributed by atoms with Crippen molar-refractivity contribution < 1.29 is 9.59 Å². The number of likely N-dealkylation sites (tertiary alicyclic amines) is 1. The van der Waals surface area contributed by atoms with E-state index in [2.05, 4.69) is 34.3 Å². The molecular weight excluding hydrogens is 400 g/mol. The van der Waals surface area contributed by atoms with Crippen LogP contribution in [0.1, 0.15) is 47.3 Å². The molecule has 1 atom stereocenters. The molecule has 2 amide bonds. The van der Waals surface area contributed by atoms with E-state index in [0.29, 0.717) is 12.2 Å². The number of hydrogen-bond acceptors (Lipinski definition) is 3. The number of nitrogens with zero attached hydrogens (tertiary/aromatic N) is 2. The lowest BCUT2D eigenvalue weighted by molar-refractivity contribution is -0.123. The molecule has 32 heavy (non-hydrogen) atoms. The molecule has 1 saturated heterocycles. The summed E-state index contributed by atoms with van der Waals surface area (Å²) >= 11 is 0. The Morgan fingerprint density at radius 1 is 1.16 bits per heavy atom. The molecule has 3 aromatic rings. The van der Waals surface area contributed by atoms with Gasteiger partial charge in [-0.1, -0.05) is 11.6 Å². The van der Waals surface area contributed by atoms with Gasteiger partial charge in [-0.2, -0.15) is 0 Å². The first-order valence-corrected chi connectivity index (χ1v) is 11.6. The second-order valence-electron chi connectivity index (χ2n) is 9.44. The van der Waals surface area contributed by atoms with Gasteiger partial charge in [0.05, 0.1) is 0 Å². The second-order valence-corrected chi connectivity index (χ2v) is 9.44. The third kappa shape index (κ3) is 4.14. The molecule has 2 aliphatic rings. The van der Waals surface area contributed by atoms with E-state index in [1.807, 2.05) is 29.2 Å². The fourth-order valence-corrected chi connectivity index (χ4v) is 5.14. The number of H-pyrrole nitrogens is 1.